The van der Waals surface area contributed by atoms with Crippen LogP contribution in [0.25, 0.3) is 10.8 Å². The van der Waals surface area contributed by atoms with E-state index in [1.165, 1.54) is 43.7 Å². The minimum atomic E-state index is 1.01. The molecule has 0 amide bonds. The summed E-state index contributed by atoms with van der Waals surface area (Å²) in [5.41, 5.74) is 6.67. The number of thioether (sulfide) groups is 1. The second-order valence-corrected chi connectivity index (χ2v) is 6.48. The summed E-state index contributed by atoms with van der Waals surface area (Å²) < 4.78 is 0. The third-order valence-electron chi connectivity index (χ3n) is 4.29. The maximum atomic E-state index is 3.65. The monoisotopic (exact) mass is 291 g/mol. The molecule has 0 bridgehead atoms. The Bertz CT molecular complexity index is 852. The molecular formula is C19H17NS. The van der Waals surface area contributed by atoms with Crippen LogP contribution >= 0.6 is 11.8 Å². The van der Waals surface area contributed by atoms with Gasteiger partial charge in [0.1, 0.15) is 0 Å². The Balaban J connectivity index is 1.92. The number of benzene rings is 3. The van der Waals surface area contributed by atoms with E-state index in [1.54, 1.807) is 11.8 Å². The van der Waals surface area contributed by atoms with E-state index in [-0.39, 0.29) is 0 Å². The van der Waals surface area contributed by atoms with E-state index < -0.39 is 0 Å². The summed E-state index contributed by atoms with van der Waals surface area (Å²) in [5, 5.41) is 6.32. The standard InChI is InChI=1S/C19H17NS/c1-12-9-14-10-13-11-15(21-2)7-8-18(13)20-19(14)17-6-4-3-5-16(12)17/h3-9,11,20H,10H2,1-2H3. The highest BCUT2D eigenvalue weighted by Gasteiger charge is 2.18. The number of hydrogen-bond donors (Lipinski definition) is 1. The zero-order valence-corrected chi connectivity index (χ0v) is 13.1. The normalized spacial score (nSPS) is 12.7. The number of anilines is 2. The quantitative estimate of drug-likeness (QED) is 0.463. The van der Waals surface area contributed by atoms with E-state index in [1.807, 2.05) is 0 Å². The average molecular weight is 291 g/mol. The molecule has 0 aliphatic carbocycles. The summed E-state index contributed by atoms with van der Waals surface area (Å²) in [4.78, 5) is 1.33. The van der Waals surface area contributed by atoms with Crippen molar-refractivity contribution >= 4 is 33.9 Å². The molecule has 104 valence electrons. The maximum absolute atomic E-state index is 3.65. The third kappa shape index (κ3) is 2.02. The van der Waals surface area contributed by atoms with Gasteiger partial charge in [-0.1, -0.05) is 30.3 Å². The van der Waals surface area contributed by atoms with E-state index in [0.717, 1.165) is 6.42 Å². The Labute approximate surface area is 129 Å². The van der Waals surface area contributed by atoms with Crippen molar-refractivity contribution in [2.24, 2.45) is 0 Å². The predicted molar refractivity (Wildman–Crippen MR) is 93.0 cm³/mol. The molecule has 3 aromatic carbocycles. The average Bonchev–Trinajstić information content (AvgIpc) is 2.53. The molecule has 4 rings (SSSR count). The summed E-state index contributed by atoms with van der Waals surface area (Å²) in [5.74, 6) is 0. The Morgan fingerprint density at radius 2 is 1.76 bits per heavy atom. The topological polar surface area (TPSA) is 12.0 Å². The molecule has 0 atom stereocenters. The number of rotatable bonds is 1. The molecule has 1 heterocycles. The van der Waals surface area contributed by atoms with E-state index in [9.17, 15) is 0 Å². The largest absolute Gasteiger partial charge is 0.355 e. The summed E-state index contributed by atoms with van der Waals surface area (Å²) in [6.45, 7) is 2.20. The molecular weight excluding hydrogens is 274 g/mol. The van der Waals surface area contributed by atoms with E-state index in [2.05, 4.69) is 67.0 Å². The summed E-state index contributed by atoms with van der Waals surface area (Å²) >= 11 is 1.80. The molecule has 0 spiro atoms. The lowest BCUT2D eigenvalue weighted by atomic mass is 9.91. The predicted octanol–water partition coefficient (Wildman–Crippen LogP) is 5.52. The van der Waals surface area contributed by atoms with Crippen molar-refractivity contribution in [3.05, 3.63) is 65.2 Å². The molecule has 3 aromatic rings. The van der Waals surface area contributed by atoms with E-state index in [4.69, 9.17) is 0 Å². The van der Waals surface area contributed by atoms with Crippen LogP contribution in [0.5, 0.6) is 0 Å². The number of hydrogen-bond acceptors (Lipinski definition) is 2. The van der Waals surface area contributed by atoms with Crippen LogP contribution in [0.4, 0.5) is 11.4 Å². The van der Waals surface area contributed by atoms with Gasteiger partial charge in [-0.2, -0.15) is 0 Å². The van der Waals surface area contributed by atoms with Crippen LogP contribution in [0, 0.1) is 6.92 Å². The van der Waals surface area contributed by atoms with Crippen LogP contribution in [-0.2, 0) is 6.42 Å². The molecule has 21 heavy (non-hydrogen) atoms. The molecule has 0 saturated heterocycles. The second-order valence-electron chi connectivity index (χ2n) is 5.60. The number of nitrogens with one attached hydrogen (secondary N) is 1. The van der Waals surface area contributed by atoms with Crippen LogP contribution in [0.2, 0.25) is 0 Å². The second kappa shape index (κ2) is 4.81. The first-order chi connectivity index (χ1) is 10.3. The maximum Gasteiger partial charge on any atom is 0.0500 e. The fourth-order valence-corrected chi connectivity index (χ4v) is 3.69. The minimum absolute atomic E-state index is 1.01. The van der Waals surface area contributed by atoms with Crippen LogP contribution < -0.4 is 5.32 Å². The zero-order valence-electron chi connectivity index (χ0n) is 12.2. The van der Waals surface area contributed by atoms with Gasteiger partial charge in [0, 0.05) is 28.1 Å². The molecule has 1 N–H and O–H groups in total. The molecule has 0 aromatic heterocycles. The van der Waals surface area contributed by atoms with Crippen LogP contribution in [-0.4, -0.2) is 6.26 Å². The smallest absolute Gasteiger partial charge is 0.0500 e. The van der Waals surface area contributed by atoms with Gasteiger partial charge in [-0.3, -0.25) is 0 Å². The third-order valence-corrected chi connectivity index (χ3v) is 5.01. The highest BCUT2D eigenvalue weighted by Crippen LogP contribution is 2.39. The van der Waals surface area contributed by atoms with Gasteiger partial charge in [-0.15, -0.1) is 11.8 Å². The first-order valence-corrected chi connectivity index (χ1v) is 8.44. The Morgan fingerprint density at radius 1 is 0.952 bits per heavy atom. The van der Waals surface area contributed by atoms with Gasteiger partial charge < -0.3 is 5.32 Å². The van der Waals surface area contributed by atoms with Gasteiger partial charge in [-0.05, 0) is 53.5 Å². The number of fused-ring (bicyclic) bond motifs is 4. The van der Waals surface area contributed by atoms with Crippen molar-refractivity contribution in [3.8, 4) is 0 Å². The van der Waals surface area contributed by atoms with Gasteiger partial charge in [0.2, 0.25) is 0 Å². The fourth-order valence-electron chi connectivity index (χ4n) is 3.22. The van der Waals surface area contributed by atoms with Gasteiger partial charge in [0.15, 0.2) is 0 Å². The highest BCUT2D eigenvalue weighted by atomic mass is 32.2. The summed E-state index contributed by atoms with van der Waals surface area (Å²) in [7, 11) is 0. The lowest BCUT2D eigenvalue weighted by Crippen LogP contribution is -2.08. The van der Waals surface area contributed by atoms with Gasteiger partial charge in [0.25, 0.3) is 0 Å². The van der Waals surface area contributed by atoms with Crippen molar-refractivity contribution in [1.29, 1.82) is 0 Å². The molecule has 2 heteroatoms. The molecule has 1 aliphatic rings. The van der Waals surface area contributed by atoms with E-state index in [0.29, 0.717) is 0 Å². The number of aryl methyl sites for hydroxylation is 1. The lowest BCUT2D eigenvalue weighted by molar-refractivity contribution is 1.14. The fraction of sp³-hybridized carbons (Fsp3) is 0.158. The first-order valence-electron chi connectivity index (χ1n) is 7.21. The lowest BCUT2D eigenvalue weighted by Gasteiger charge is -2.24. The Hall–Kier alpha value is -1.93. The van der Waals surface area contributed by atoms with Crippen LogP contribution in [0.3, 0.4) is 0 Å². The van der Waals surface area contributed by atoms with Crippen molar-refractivity contribution in [2.75, 3.05) is 11.6 Å². The minimum Gasteiger partial charge on any atom is -0.355 e. The molecule has 0 saturated carbocycles. The Morgan fingerprint density at radius 3 is 2.57 bits per heavy atom. The van der Waals surface area contributed by atoms with Gasteiger partial charge in [0.05, 0.1) is 0 Å². The molecule has 1 nitrogen and oxygen atoms in total. The molecule has 0 unspecified atom stereocenters. The summed E-state index contributed by atoms with van der Waals surface area (Å²) in [6, 6.07) is 17.7. The Kier molecular flexibility index (Phi) is 2.93. The first kappa shape index (κ1) is 12.8. The van der Waals surface area contributed by atoms with Crippen LogP contribution in [0.15, 0.2) is 53.4 Å². The summed E-state index contributed by atoms with van der Waals surface area (Å²) in [6.07, 6.45) is 3.14. The van der Waals surface area contributed by atoms with Crippen molar-refractivity contribution in [3.63, 3.8) is 0 Å². The van der Waals surface area contributed by atoms with Gasteiger partial charge in [-0.25, -0.2) is 0 Å². The molecule has 1 aliphatic heterocycles. The van der Waals surface area contributed by atoms with Crippen LogP contribution in [0.1, 0.15) is 16.7 Å². The van der Waals surface area contributed by atoms with Gasteiger partial charge >= 0.3 is 0 Å². The van der Waals surface area contributed by atoms with E-state index >= 15 is 0 Å². The highest BCUT2D eigenvalue weighted by molar-refractivity contribution is 7.98. The molecule has 0 radical (unpaired) electrons. The van der Waals surface area contributed by atoms with Crippen molar-refractivity contribution < 1.29 is 0 Å². The van der Waals surface area contributed by atoms with Crippen molar-refractivity contribution in [1.82, 2.24) is 0 Å². The van der Waals surface area contributed by atoms with Crippen molar-refractivity contribution in [2.45, 2.75) is 18.2 Å². The molecule has 0 fully saturated rings. The SMILES string of the molecule is CSc1ccc2c(c1)Cc1cc(C)c3ccccc3c1N2. The zero-order chi connectivity index (χ0) is 14.4.